The predicted molar refractivity (Wildman–Crippen MR) is 334 cm³/mol. The van der Waals surface area contributed by atoms with Gasteiger partial charge < -0.3 is 70.2 Å². The lowest BCUT2D eigenvalue weighted by atomic mass is 9.83. The Morgan fingerprint density at radius 1 is 1.01 bits per heavy atom. The molecule has 2 fully saturated rings. The lowest BCUT2D eigenvalue weighted by Crippen LogP contribution is -2.63. The molecule has 1 aromatic heterocycles. The highest BCUT2D eigenvalue weighted by Crippen LogP contribution is 2.49. The molecule has 3 aromatic rings. The number of carbonyl (C=O) groups excluding carboxylic acids is 8. The van der Waals surface area contributed by atoms with Gasteiger partial charge in [0, 0.05) is 61.2 Å². The molecule has 0 spiro atoms. The third-order valence-corrected chi connectivity index (χ3v) is 17.9. The van der Waals surface area contributed by atoms with Crippen LogP contribution in [0.15, 0.2) is 66.3 Å². The number of aromatic nitrogens is 1. The number of carbonyl (C=O) groups is 8. The summed E-state index contributed by atoms with van der Waals surface area (Å²) >= 11 is 13.5. The van der Waals surface area contributed by atoms with Gasteiger partial charge in [0.25, 0.3) is 0 Å². The van der Waals surface area contributed by atoms with E-state index < -0.39 is 102 Å². The van der Waals surface area contributed by atoms with Gasteiger partial charge in [-0.25, -0.2) is 19.4 Å². The van der Waals surface area contributed by atoms with Gasteiger partial charge >= 0.3 is 18.2 Å². The molecular formula is C60H80Br2ClN9O15. The second kappa shape index (κ2) is 31.2. The highest BCUT2D eigenvalue weighted by atomic mass is 79.9. The van der Waals surface area contributed by atoms with Gasteiger partial charge in [-0.2, -0.15) is 0 Å². The number of amides is 8. The highest BCUT2D eigenvalue weighted by Gasteiger charge is 2.64. The summed E-state index contributed by atoms with van der Waals surface area (Å²) in [6.07, 6.45) is 2.04. The van der Waals surface area contributed by atoms with Gasteiger partial charge in [-0.3, -0.25) is 29.8 Å². The number of aldehydes is 1. The third-order valence-electron chi connectivity index (χ3n) is 15.6. The number of alkyl carbamates (subject to hydrolysis) is 1. The number of halogens is 3. The fourth-order valence-corrected chi connectivity index (χ4v) is 12.3. The van der Waals surface area contributed by atoms with Crippen molar-refractivity contribution in [3.05, 3.63) is 76.9 Å². The van der Waals surface area contributed by atoms with Crippen molar-refractivity contribution in [1.82, 2.24) is 26.3 Å². The lowest BCUT2D eigenvalue weighted by Gasteiger charge is -2.42. The van der Waals surface area contributed by atoms with Crippen molar-refractivity contribution in [2.75, 3.05) is 54.0 Å². The minimum Gasteiger partial charge on any atom is -0.495 e. The first-order valence-electron chi connectivity index (χ1n) is 28.7. The Labute approximate surface area is 528 Å². The average Bonchev–Trinajstić information content (AvgIpc) is 1.61. The first-order chi connectivity index (χ1) is 41.2. The number of nitrogens with two attached hydrogens (primary N) is 1. The molecule has 0 saturated carbocycles. The van der Waals surface area contributed by atoms with E-state index in [2.05, 4.69) is 68.7 Å². The maximum atomic E-state index is 14.4. The van der Waals surface area contributed by atoms with E-state index in [0.717, 1.165) is 17.4 Å². The Bertz CT molecular complexity index is 3060. The van der Waals surface area contributed by atoms with Gasteiger partial charge in [-0.05, 0) is 107 Å². The standard InChI is InChI=1S/C60H80Br2ClN9O15/c1-33(2)51(70-48(74)18-11-10-15-35(4)86-59(30-61,31-62)32-73)54(77)68-41(16-13-23-65-55(64)78)53(76)69-47-22-19-38-27-39(20-21-40(38)67-47)66-56(79)85-46-28-49(75)72(7)42-25-37(26-43(82-8)50(42)63)24-34(3)14-12-17-45(83-9)60(81)29-44(84-57(80)71-60)36(5)52-58(46,6)87-52/h12,14,17,19-22,25-27,32-33,35-36,41,44-46,51-52,81H,10-11,13,15-16,18,23-24,28-31H2,1-9H3,(H,66,79)(H,68,77)(H,70,74)(H,71,80)(H3,64,65,78)(H,67,69,76)/b17-12+,34-14+/t35?,36-,41+,44+,45-,46+,51+,52+,58+,60+/m1/s1. The number of pyridine rings is 1. The van der Waals surface area contributed by atoms with Crippen molar-refractivity contribution in [2.45, 2.75) is 159 Å². The quantitative estimate of drug-likeness (QED) is 0.0185. The molecule has 3 aliphatic heterocycles. The Hall–Kier alpha value is -6.42. The number of anilines is 3. The summed E-state index contributed by atoms with van der Waals surface area (Å²) in [6, 6.07) is 8.60. The monoisotopic (exact) mass is 1360 g/mol. The molecule has 2 aromatic carbocycles. The largest absolute Gasteiger partial charge is 0.495 e. The third kappa shape index (κ3) is 18.6. The van der Waals surface area contributed by atoms with E-state index >= 15 is 0 Å². The van der Waals surface area contributed by atoms with Crippen molar-refractivity contribution >= 4 is 120 Å². The minimum absolute atomic E-state index is 0.0717. The van der Waals surface area contributed by atoms with Gasteiger partial charge in [0.2, 0.25) is 23.6 Å². The predicted octanol–water partition coefficient (Wildman–Crippen LogP) is 7.63. The second-order valence-corrected chi connectivity index (χ2v) is 24.3. The van der Waals surface area contributed by atoms with Crippen molar-refractivity contribution < 1.29 is 71.9 Å². The Kier molecular flexibility index (Phi) is 25.0. The van der Waals surface area contributed by atoms with E-state index in [1.807, 2.05) is 19.9 Å². The van der Waals surface area contributed by atoms with Gasteiger partial charge in [0.1, 0.15) is 58.2 Å². The van der Waals surface area contributed by atoms with Crippen LogP contribution < -0.4 is 47.3 Å². The van der Waals surface area contributed by atoms with E-state index in [-0.39, 0.29) is 66.7 Å². The van der Waals surface area contributed by atoms with E-state index in [4.69, 9.17) is 45.8 Å². The van der Waals surface area contributed by atoms with Crippen molar-refractivity contribution in [3.8, 4) is 5.75 Å². The summed E-state index contributed by atoms with van der Waals surface area (Å²) < 4.78 is 35.4. The fraction of sp³-hybridized carbons (Fsp3) is 0.550. The number of primary amides is 1. The van der Waals surface area contributed by atoms with Crippen molar-refractivity contribution in [3.63, 3.8) is 0 Å². The van der Waals surface area contributed by atoms with Gasteiger partial charge in [-0.15, -0.1) is 0 Å². The van der Waals surface area contributed by atoms with Crippen molar-refractivity contribution in [1.29, 1.82) is 0 Å². The van der Waals surface area contributed by atoms with Crippen LogP contribution in [-0.2, 0) is 54.1 Å². The molecule has 27 heteroatoms. The van der Waals surface area contributed by atoms with Crippen LogP contribution in [0.1, 0.15) is 98.5 Å². The number of fused-ring (bicyclic) bond motifs is 6. The summed E-state index contributed by atoms with van der Waals surface area (Å²) in [5, 5.41) is 29.4. The molecule has 0 aliphatic carbocycles. The number of epoxide rings is 1. The molecule has 10 atom stereocenters. The number of alkyl halides is 2. The summed E-state index contributed by atoms with van der Waals surface area (Å²) in [4.78, 5) is 112. The van der Waals surface area contributed by atoms with Gasteiger partial charge in [0.05, 0.1) is 36.9 Å². The molecule has 2 saturated heterocycles. The number of hydrogen-bond acceptors (Lipinski definition) is 16. The maximum Gasteiger partial charge on any atom is 0.412 e. The minimum atomic E-state index is -1.89. The number of benzene rings is 2. The zero-order valence-electron chi connectivity index (χ0n) is 50.3. The lowest BCUT2D eigenvalue weighted by molar-refractivity contribution is -0.142. The van der Waals surface area contributed by atoms with Crippen LogP contribution in [0.5, 0.6) is 5.75 Å². The van der Waals surface area contributed by atoms with Crippen LogP contribution in [-0.4, -0.2) is 156 Å². The molecule has 3 aliphatic rings. The molecule has 8 amide bonds. The Balaban J connectivity index is 1.16. The summed E-state index contributed by atoms with van der Waals surface area (Å²) in [6.45, 7) is 10.9. The van der Waals surface area contributed by atoms with Gasteiger partial charge in [0.15, 0.2) is 12.0 Å². The number of nitrogens with zero attached hydrogens (tertiary/aromatic N) is 2. The van der Waals surface area contributed by atoms with Crippen LogP contribution in [0.25, 0.3) is 10.9 Å². The van der Waals surface area contributed by atoms with Crippen LogP contribution in [0.4, 0.5) is 31.6 Å². The van der Waals surface area contributed by atoms with E-state index in [9.17, 15) is 43.5 Å². The van der Waals surface area contributed by atoms with E-state index in [0.29, 0.717) is 58.7 Å². The molecule has 1 unspecified atom stereocenters. The molecule has 0 radical (unpaired) electrons. The second-order valence-electron chi connectivity index (χ2n) is 22.8. The summed E-state index contributed by atoms with van der Waals surface area (Å²) in [5.74, 6) is -2.59. The number of unbranched alkanes of at least 4 members (excludes halogenated alkanes) is 1. The molecule has 87 heavy (non-hydrogen) atoms. The molecule has 24 nitrogen and oxygen atoms in total. The van der Waals surface area contributed by atoms with Crippen LogP contribution in [0, 0.1) is 11.8 Å². The van der Waals surface area contributed by atoms with Crippen LogP contribution in [0.3, 0.4) is 0 Å². The number of ether oxygens (including phenoxy) is 6. The number of methoxy groups -OCH3 is 2. The average molecular weight is 1360 g/mol. The van der Waals surface area contributed by atoms with Gasteiger partial charge in [-0.1, -0.05) is 94.5 Å². The molecule has 4 bridgehead atoms. The molecular weight excluding hydrogens is 1280 g/mol. The number of aliphatic hydroxyl groups is 1. The SMILES string of the molecule is COc1cc2cc(c1Cl)N(C)C(=O)C[C@H](OC(=O)Nc1ccc3nc(NC(=O)[C@H](CCCNC(N)=O)NC(=O)[C@@H](NC(=O)CCCCC(C)OC(C=O)(CBr)CBr)C(C)C)ccc3c1)[C@]1(C)O[C@H]1[C@H](C)[C@@H]1C[C@@](O)(NC(=O)O1)[C@H](OC)/C=C/C=C(\C)C2. The number of allylic oxidation sites excluding steroid dienone is 3. The molecule has 9 N–H and O–H groups in total. The number of rotatable bonds is 24. The zero-order valence-corrected chi connectivity index (χ0v) is 54.2. The molecule has 4 heterocycles. The highest BCUT2D eigenvalue weighted by molar-refractivity contribution is 9.10. The number of hydrogen-bond donors (Lipinski definition) is 8. The smallest absolute Gasteiger partial charge is 0.412 e. The topological polar surface area (TPSA) is 330 Å². The number of nitrogens with one attached hydrogen (secondary N) is 6. The van der Waals surface area contributed by atoms with Crippen LogP contribution >= 0.6 is 43.5 Å². The molecule has 476 valence electrons. The summed E-state index contributed by atoms with van der Waals surface area (Å²) in [7, 11) is 4.43. The Morgan fingerprint density at radius 3 is 2.41 bits per heavy atom. The Morgan fingerprint density at radius 2 is 1.75 bits per heavy atom. The fourth-order valence-electron chi connectivity index (χ4n) is 10.6. The van der Waals surface area contributed by atoms with E-state index in [1.54, 1.807) is 83.3 Å². The first-order valence-corrected chi connectivity index (χ1v) is 31.3. The van der Waals surface area contributed by atoms with Crippen LogP contribution in [0.2, 0.25) is 5.02 Å². The number of urea groups is 1. The van der Waals surface area contributed by atoms with Crippen molar-refractivity contribution in [2.24, 2.45) is 17.6 Å². The normalized spacial score (nSPS) is 24.3. The van der Waals surface area contributed by atoms with E-state index in [1.165, 1.54) is 25.2 Å². The first kappa shape index (κ1) is 69.7. The summed E-state index contributed by atoms with van der Waals surface area (Å²) in [5.41, 5.74) is 3.74. The maximum absolute atomic E-state index is 14.4. The zero-order chi connectivity index (χ0) is 64.0. The molecule has 6 rings (SSSR count).